The fourth-order valence-corrected chi connectivity index (χ4v) is 7.91. The van der Waals surface area contributed by atoms with E-state index in [1.807, 2.05) is 12.2 Å². The van der Waals surface area contributed by atoms with Crippen molar-refractivity contribution in [3.8, 4) is 11.1 Å². The van der Waals surface area contributed by atoms with E-state index < -0.39 is 0 Å². The van der Waals surface area contributed by atoms with Crippen molar-refractivity contribution in [2.24, 2.45) is 5.92 Å². The Morgan fingerprint density at radius 1 is 0.636 bits per heavy atom. The van der Waals surface area contributed by atoms with Crippen molar-refractivity contribution in [3.63, 3.8) is 0 Å². The van der Waals surface area contributed by atoms with E-state index in [-0.39, 0.29) is 0 Å². The molecule has 7 aromatic rings. The minimum Gasteiger partial charge on any atom is -0.337 e. The smallest absolute Gasteiger partial charge is 0.0540 e. The van der Waals surface area contributed by atoms with Crippen molar-refractivity contribution >= 4 is 50.4 Å². The number of nitrogens with zero attached hydrogens (tertiary/aromatic N) is 2. The van der Waals surface area contributed by atoms with Crippen LogP contribution in [-0.4, -0.2) is 0 Å². The summed E-state index contributed by atoms with van der Waals surface area (Å²) in [6, 6.07) is 57.2. The van der Waals surface area contributed by atoms with Gasteiger partial charge in [0.2, 0.25) is 0 Å². The molecular formula is C53H42N2. The van der Waals surface area contributed by atoms with Crippen LogP contribution in [0.15, 0.2) is 224 Å². The minimum absolute atomic E-state index is 0.439. The molecule has 264 valence electrons. The molecule has 2 aliphatic rings. The monoisotopic (exact) mass is 706 g/mol. The van der Waals surface area contributed by atoms with Gasteiger partial charge in [-0.3, -0.25) is 0 Å². The summed E-state index contributed by atoms with van der Waals surface area (Å²) < 4.78 is 0. The first kappa shape index (κ1) is 33.9. The van der Waals surface area contributed by atoms with Gasteiger partial charge in [-0.25, -0.2) is 0 Å². The van der Waals surface area contributed by atoms with Gasteiger partial charge in [0.25, 0.3) is 0 Å². The molecule has 9 rings (SSSR count). The molecule has 2 heteroatoms. The molecule has 0 N–H and O–H groups in total. The van der Waals surface area contributed by atoms with Crippen LogP contribution >= 0.6 is 0 Å². The van der Waals surface area contributed by atoms with Crippen LogP contribution < -0.4 is 9.80 Å². The Balaban J connectivity index is 1.06. The highest BCUT2D eigenvalue weighted by molar-refractivity contribution is 5.97. The molecule has 0 bridgehead atoms. The lowest BCUT2D eigenvalue weighted by molar-refractivity contribution is 0.774. The first-order chi connectivity index (χ1) is 27.2. The van der Waals surface area contributed by atoms with Gasteiger partial charge in [0.1, 0.15) is 0 Å². The summed E-state index contributed by atoms with van der Waals surface area (Å²) in [5, 5.41) is 4.93. The van der Waals surface area contributed by atoms with Gasteiger partial charge in [-0.05, 0) is 105 Å². The van der Waals surface area contributed by atoms with Crippen molar-refractivity contribution in [1.82, 2.24) is 0 Å². The molecule has 0 radical (unpaired) electrons. The standard InChI is InChI=1S/C53H42N2/c1-2-3-13-39-14-6-9-20-47(39)38-54(50-34-28-40-15-4-7-18-45(40)36-50)48-30-24-42(25-31-48)43-26-32-49(33-27-43)55(51-35-29-41-16-5-8-19-46(41)37-51)53-23-12-21-44-17-10-11-22-52(44)53/h2-15,17-37,41H,1,16,38H2/b13-3-. The summed E-state index contributed by atoms with van der Waals surface area (Å²) in [5.41, 5.74) is 11.9. The molecule has 0 amide bonds. The number of hydrogen-bond donors (Lipinski definition) is 0. The molecule has 55 heavy (non-hydrogen) atoms. The fraction of sp³-hybridized carbons (Fsp3) is 0.0566. The van der Waals surface area contributed by atoms with Crippen molar-refractivity contribution in [3.05, 3.63) is 235 Å². The Morgan fingerprint density at radius 3 is 2.15 bits per heavy atom. The minimum atomic E-state index is 0.439. The second-order valence-electron chi connectivity index (χ2n) is 14.2. The van der Waals surface area contributed by atoms with Crippen LogP contribution in [0.1, 0.15) is 17.5 Å². The Kier molecular flexibility index (Phi) is 9.38. The van der Waals surface area contributed by atoms with Crippen LogP contribution in [0, 0.1) is 5.92 Å². The molecule has 0 spiro atoms. The molecule has 7 aromatic carbocycles. The lowest BCUT2D eigenvalue weighted by Gasteiger charge is -2.31. The molecule has 0 fully saturated rings. The molecule has 0 aromatic heterocycles. The van der Waals surface area contributed by atoms with E-state index in [0.29, 0.717) is 5.92 Å². The van der Waals surface area contributed by atoms with Gasteiger partial charge >= 0.3 is 0 Å². The number of rotatable bonds is 10. The zero-order valence-corrected chi connectivity index (χ0v) is 30.8. The largest absolute Gasteiger partial charge is 0.337 e. The Morgan fingerprint density at radius 2 is 1.33 bits per heavy atom. The third-order valence-corrected chi connectivity index (χ3v) is 10.8. The third-order valence-electron chi connectivity index (χ3n) is 10.8. The topological polar surface area (TPSA) is 6.48 Å². The average Bonchev–Trinajstić information content (AvgIpc) is 3.25. The summed E-state index contributed by atoms with van der Waals surface area (Å²) in [4.78, 5) is 4.82. The van der Waals surface area contributed by atoms with Gasteiger partial charge in [-0.2, -0.15) is 0 Å². The highest BCUT2D eigenvalue weighted by atomic mass is 15.1. The van der Waals surface area contributed by atoms with Gasteiger partial charge in [0.15, 0.2) is 0 Å². The molecule has 0 saturated carbocycles. The van der Waals surface area contributed by atoms with E-state index in [1.54, 1.807) is 0 Å². The van der Waals surface area contributed by atoms with Crippen LogP contribution in [0.25, 0.3) is 38.7 Å². The molecule has 1 unspecified atom stereocenters. The second-order valence-corrected chi connectivity index (χ2v) is 14.2. The van der Waals surface area contributed by atoms with Crippen LogP contribution in [0.2, 0.25) is 0 Å². The summed E-state index contributed by atoms with van der Waals surface area (Å²) in [6.45, 7) is 4.62. The van der Waals surface area contributed by atoms with Crippen LogP contribution in [0.3, 0.4) is 0 Å². The number of benzene rings is 7. The van der Waals surface area contributed by atoms with E-state index >= 15 is 0 Å². The van der Waals surface area contributed by atoms with Crippen LogP contribution in [0.4, 0.5) is 22.7 Å². The highest BCUT2D eigenvalue weighted by Crippen LogP contribution is 2.40. The van der Waals surface area contributed by atoms with Crippen LogP contribution in [-0.2, 0) is 6.54 Å². The number of anilines is 4. The van der Waals surface area contributed by atoms with E-state index in [9.17, 15) is 0 Å². The van der Waals surface area contributed by atoms with Crippen molar-refractivity contribution in [2.75, 3.05) is 9.80 Å². The number of fused-ring (bicyclic) bond motifs is 3. The Labute approximate surface area is 324 Å². The third kappa shape index (κ3) is 6.99. The van der Waals surface area contributed by atoms with E-state index in [0.717, 1.165) is 30.0 Å². The predicted molar refractivity (Wildman–Crippen MR) is 236 cm³/mol. The average molecular weight is 707 g/mol. The molecule has 0 saturated heterocycles. The lowest BCUT2D eigenvalue weighted by atomic mass is 9.87. The summed E-state index contributed by atoms with van der Waals surface area (Å²) >= 11 is 0. The quantitative estimate of drug-likeness (QED) is 0.131. The van der Waals surface area contributed by atoms with Gasteiger partial charge in [-0.1, -0.05) is 164 Å². The predicted octanol–water partition coefficient (Wildman–Crippen LogP) is 14.3. The normalized spacial score (nSPS) is 14.8. The van der Waals surface area contributed by atoms with Gasteiger partial charge in [0.05, 0.1) is 5.69 Å². The molecule has 0 aliphatic heterocycles. The van der Waals surface area contributed by atoms with Gasteiger partial charge in [0, 0.05) is 40.6 Å². The lowest BCUT2D eigenvalue weighted by Crippen LogP contribution is -2.19. The zero-order chi connectivity index (χ0) is 37.0. The maximum atomic E-state index is 3.89. The maximum Gasteiger partial charge on any atom is 0.0540 e. The van der Waals surface area contributed by atoms with Crippen molar-refractivity contribution in [2.45, 2.75) is 13.0 Å². The number of allylic oxidation sites excluding steroid dienone is 9. The summed E-state index contributed by atoms with van der Waals surface area (Å²) in [7, 11) is 0. The summed E-state index contributed by atoms with van der Waals surface area (Å²) in [6.07, 6.45) is 20.7. The fourth-order valence-electron chi connectivity index (χ4n) is 7.91. The van der Waals surface area contributed by atoms with Gasteiger partial charge < -0.3 is 9.80 Å². The number of hydrogen-bond acceptors (Lipinski definition) is 2. The Hall–Kier alpha value is -6.90. The van der Waals surface area contributed by atoms with Gasteiger partial charge in [-0.15, -0.1) is 0 Å². The van der Waals surface area contributed by atoms with E-state index in [4.69, 9.17) is 0 Å². The SMILES string of the molecule is C=C/C=C\c1ccccc1CN(c1ccc(-c2ccc(N(C3=CC4=CC=CCC4C=C3)c3cccc4ccccc34)cc2)cc1)c1ccc2ccccc2c1. The first-order valence-corrected chi connectivity index (χ1v) is 19.1. The van der Waals surface area contributed by atoms with Crippen molar-refractivity contribution < 1.29 is 0 Å². The first-order valence-electron chi connectivity index (χ1n) is 19.1. The second kappa shape index (κ2) is 15.2. The Bertz CT molecular complexity index is 2660. The van der Waals surface area contributed by atoms with Crippen LogP contribution in [0.5, 0.6) is 0 Å². The van der Waals surface area contributed by atoms with Crippen molar-refractivity contribution in [1.29, 1.82) is 0 Å². The van der Waals surface area contributed by atoms with E-state index in [1.165, 1.54) is 60.8 Å². The molecular weight excluding hydrogens is 665 g/mol. The van der Waals surface area contributed by atoms with E-state index in [2.05, 4.69) is 217 Å². The summed E-state index contributed by atoms with van der Waals surface area (Å²) in [5.74, 6) is 0.439. The maximum absolute atomic E-state index is 3.89. The molecule has 0 heterocycles. The molecule has 2 aliphatic carbocycles. The zero-order valence-electron chi connectivity index (χ0n) is 30.8. The molecule has 2 nitrogen and oxygen atoms in total. The highest BCUT2D eigenvalue weighted by Gasteiger charge is 2.22. The molecule has 1 atom stereocenters.